The molecule has 0 spiro atoms. The highest BCUT2D eigenvalue weighted by Crippen LogP contribution is 2.30. The number of carbonyl (C=O) groups excluding carboxylic acids is 1. The highest BCUT2D eigenvalue weighted by atomic mass is 16.3. The first-order valence-electron chi connectivity index (χ1n) is 5.73. The predicted octanol–water partition coefficient (Wildman–Crippen LogP) is 2.52. The molecule has 0 aliphatic heterocycles. The fourth-order valence-corrected chi connectivity index (χ4v) is 1.64. The summed E-state index contributed by atoms with van der Waals surface area (Å²) in [6.45, 7) is 9.69. The molecule has 1 aromatic carbocycles. The van der Waals surface area contributed by atoms with Gasteiger partial charge in [0.1, 0.15) is 0 Å². The Morgan fingerprint density at radius 2 is 2.00 bits per heavy atom. The third-order valence-corrected chi connectivity index (χ3v) is 2.61. The van der Waals surface area contributed by atoms with Crippen molar-refractivity contribution in [3.63, 3.8) is 0 Å². The van der Waals surface area contributed by atoms with Crippen LogP contribution in [0.2, 0.25) is 0 Å². The second-order valence-corrected chi connectivity index (χ2v) is 5.05. The molecule has 0 unspecified atom stereocenters. The summed E-state index contributed by atoms with van der Waals surface area (Å²) < 4.78 is 0. The van der Waals surface area contributed by atoms with Crippen molar-refractivity contribution in [3.05, 3.63) is 36.4 Å². The van der Waals surface area contributed by atoms with Crippen LogP contribution in [0.4, 0.5) is 0 Å². The van der Waals surface area contributed by atoms with Crippen LogP contribution in [0.25, 0.3) is 0 Å². The van der Waals surface area contributed by atoms with E-state index in [2.05, 4.69) is 6.58 Å². The van der Waals surface area contributed by atoms with Gasteiger partial charge in [-0.2, -0.15) is 0 Å². The van der Waals surface area contributed by atoms with Crippen LogP contribution >= 0.6 is 0 Å². The zero-order valence-corrected chi connectivity index (χ0v) is 11.0. The standard InChI is InChI=1S/C14H19NO3/c1-5-9-15(14(2,3)4)13(18)10-7-6-8-11(16)12(10)17/h5-8,16-17H,1,9H2,2-4H3. The molecule has 0 saturated heterocycles. The molecule has 98 valence electrons. The van der Waals surface area contributed by atoms with Gasteiger partial charge in [-0.25, -0.2) is 0 Å². The number of phenolic OH excluding ortho intramolecular Hbond substituents is 2. The van der Waals surface area contributed by atoms with E-state index < -0.39 is 5.54 Å². The molecule has 2 N–H and O–H groups in total. The van der Waals surface area contributed by atoms with E-state index in [9.17, 15) is 15.0 Å². The minimum absolute atomic E-state index is 0.0896. The largest absolute Gasteiger partial charge is 0.504 e. The molecule has 0 saturated carbocycles. The second-order valence-electron chi connectivity index (χ2n) is 5.05. The summed E-state index contributed by atoms with van der Waals surface area (Å²) in [6.07, 6.45) is 1.63. The Labute approximate surface area is 107 Å². The maximum Gasteiger partial charge on any atom is 0.258 e. The van der Waals surface area contributed by atoms with Crippen LogP contribution in [0.15, 0.2) is 30.9 Å². The molecule has 4 nitrogen and oxygen atoms in total. The summed E-state index contributed by atoms with van der Waals surface area (Å²) in [5, 5.41) is 19.2. The van der Waals surface area contributed by atoms with Crippen molar-refractivity contribution in [1.82, 2.24) is 4.90 Å². The Balaban J connectivity index is 3.18. The number of amides is 1. The van der Waals surface area contributed by atoms with Gasteiger partial charge in [0.2, 0.25) is 0 Å². The Hall–Kier alpha value is -1.97. The lowest BCUT2D eigenvalue weighted by Crippen LogP contribution is -2.45. The molecule has 4 heteroatoms. The Bertz CT molecular complexity index is 461. The van der Waals surface area contributed by atoms with Crippen molar-refractivity contribution in [3.8, 4) is 11.5 Å². The number of carbonyl (C=O) groups is 1. The van der Waals surface area contributed by atoms with E-state index in [4.69, 9.17) is 0 Å². The van der Waals surface area contributed by atoms with Gasteiger partial charge >= 0.3 is 0 Å². The Morgan fingerprint density at radius 3 is 2.50 bits per heavy atom. The fraction of sp³-hybridized carbons (Fsp3) is 0.357. The van der Waals surface area contributed by atoms with E-state index in [-0.39, 0.29) is 23.0 Å². The normalized spacial score (nSPS) is 11.1. The second kappa shape index (κ2) is 5.12. The van der Waals surface area contributed by atoms with Crippen LogP contribution in [-0.4, -0.2) is 33.1 Å². The zero-order valence-electron chi connectivity index (χ0n) is 11.0. The minimum Gasteiger partial charge on any atom is -0.504 e. The molecule has 0 bridgehead atoms. The molecule has 1 amide bonds. The number of nitrogens with zero attached hydrogens (tertiary/aromatic N) is 1. The number of phenols is 2. The van der Waals surface area contributed by atoms with Crippen molar-refractivity contribution in [2.45, 2.75) is 26.3 Å². The number of aromatic hydroxyl groups is 2. The molecule has 0 aliphatic carbocycles. The fourth-order valence-electron chi connectivity index (χ4n) is 1.64. The third-order valence-electron chi connectivity index (χ3n) is 2.61. The van der Waals surface area contributed by atoms with E-state index in [1.165, 1.54) is 18.2 Å². The van der Waals surface area contributed by atoms with E-state index in [1.54, 1.807) is 11.0 Å². The predicted molar refractivity (Wildman–Crippen MR) is 70.8 cm³/mol. The first-order valence-corrected chi connectivity index (χ1v) is 5.73. The van der Waals surface area contributed by atoms with Gasteiger partial charge in [0, 0.05) is 12.1 Å². The van der Waals surface area contributed by atoms with Gasteiger partial charge in [-0.05, 0) is 32.9 Å². The van der Waals surface area contributed by atoms with E-state index in [0.29, 0.717) is 6.54 Å². The average molecular weight is 249 g/mol. The highest BCUT2D eigenvalue weighted by Gasteiger charge is 2.28. The van der Waals surface area contributed by atoms with Crippen molar-refractivity contribution in [2.24, 2.45) is 0 Å². The van der Waals surface area contributed by atoms with Gasteiger partial charge in [0.15, 0.2) is 11.5 Å². The monoisotopic (exact) mass is 249 g/mol. The Kier molecular flexibility index (Phi) is 4.01. The maximum absolute atomic E-state index is 12.4. The first-order chi connectivity index (χ1) is 8.29. The zero-order chi connectivity index (χ0) is 13.9. The highest BCUT2D eigenvalue weighted by molar-refractivity contribution is 5.98. The van der Waals surface area contributed by atoms with Gasteiger partial charge in [-0.1, -0.05) is 12.1 Å². The number of para-hydroxylation sites is 1. The summed E-state index contributed by atoms with van der Waals surface area (Å²) in [4.78, 5) is 13.9. The van der Waals surface area contributed by atoms with Gasteiger partial charge < -0.3 is 15.1 Å². The lowest BCUT2D eigenvalue weighted by Gasteiger charge is -2.35. The van der Waals surface area contributed by atoms with Gasteiger partial charge in [-0.3, -0.25) is 4.79 Å². The molecule has 0 radical (unpaired) electrons. The van der Waals surface area contributed by atoms with Crippen LogP contribution in [-0.2, 0) is 0 Å². The van der Waals surface area contributed by atoms with Crippen molar-refractivity contribution < 1.29 is 15.0 Å². The summed E-state index contributed by atoms with van der Waals surface area (Å²) in [6, 6.07) is 4.34. The number of rotatable bonds is 3. The van der Waals surface area contributed by atoms with Crippen molar-refractivity contribution >= 4 is 5.91 Å². The van der Waals surface area contributed by atoms with Crippen LogP contribution in [0.3, 0.4) is 0 Å². The topological polar surface area (TPSA) is 60.8 Å². The third kappa shape index (κ3) is 2.83. The van der Waals surface area contributed by atoms with Gasteiger partial charge in [0.05, 0.1) is 5.56 Å². The summed E-state index contributed by atoms with van der Waals surface area (Å²) >= 11 is 0. The summed E-state index contributed by atoms with van der Waals surface area (Å²) in [7, 11) is 0. The number of hydrogen-bond donors (Lipinski definition) is 2. The minimum atomic E-state index is -0.400. The van der Waals surface area contributed by atoms with E-state index in [0.717, 1.165) is 0 Å². The summed E-state index contributed by atoms with van der Waals surface area (Å²) in [5.41, 5.74) is -0.310. The lowest BCUT2D eigenvalue weighted by atomic mass is 10.0. The average Bonchev–Trinajstić information content (AvgIpc) is 2.27. The van der Waals surface area contributed by atoms with Crippen LogP contribution in [0.5, 0.6) is 11.5 Å². The van der Waals surface area contributed by atoms with Crippen molar-refractivity contribution in [2.75, 3.05) is 6.54 Å². The molecule has 0 aliphatic rings. The van der Waals surface area contributed by atoms with Crippen molar-refractivity contribution in [1.29, 1.82) is 0 Å². The molecular weight excluding hydrogens is 230 g/mol. The molecule has 1 rings (SSSR count). The molecule has 0 atom stereocenters. The Morgan fingerprint density at radius 1 is 1.39 bits per heavy atom. The SMILES string of the molecule is C=CCN(C(=O)c1cccc(O)c1O)C(C)(C)C. The molecule has 18 heavy (non-hydrogen) atoms. The molecule has 0 fully saturated rings. The molecular formula is C14H19NO3. The maximum atomic E-state index is 12.4. The first kappa shape index (κ1) is 14.1. The smallest absolute Gasteiger partial charge is 0.258 e. The molecule has 1 aromatic rings. The number of benzene rings is 1. The van der Waals surface area contributed by atoms with Crippen LogP contribution in [0, 0.1) is 0 Å². The quantitative estimate of drug-likeness (QED) is 0.639. The van der Waals surface area contributed by atoms with Crippen LogP contribution in [0.1, 0.15) is 31.1 Å². The van der Waals surface area contributed by atoms with E-state index >= 15 is 0 Å². The molecule has 0 heterocycles. The summed E-state index contributed by atoms with van der Waals surface area (Å²) in [5.74, 6) is -1.02. The molecule has 0 aromatic heterocycles. The van der Waals surface area contributed by atoms with E-state index in [1.807, 2.05) is 20.8 Å². The van der Waals surface area contributed by atoms with Gasteiger partial charge in [0.25, 0.3) is 5.91 Å². The van der Waals surface area contributed by atoms with Gasteiger partial charge in [-0.15, -0.1) is 6.58 Å². The van der Waals surface area contributed by atoms with Crippen LogP contribution < -0.4 is 0 Å². The number of hydrogen-bond acceptors (Lipinski definition) is 3. The lowest BCUT2D eigenvalue weighted by molar-refractivity contribution is 0.0613.